The molecule has 0 saturated heterocycles. The lowest BCUT2D eigenvalue weighted by Gasteiger charge is -2.03. The zero-order valence-electron chi connectivity index (χ0n) is 8.92. The van der Waals surface area contributed by atoms with Crippen molar-refractivity contribution in [3.8, 4) is 0 Å². The summed E-state index contributed by atoms with van der Waals surface area (Å²) in [6.07, 6.45) is 1.48. The largest absolute Gasteiger partial charge is 0.313 e. The molecule has 0 aliphatic heterocycles. The predicted molar refractivity (Wildman–Crippen MR) is 58.0 cm³/mol. The minimum Gasteiger partial charge on any atom is -0.313 e. The number of hydrogen-bond donors (Lipinski definition) is 1. The van der Waals surface area contributed by atoms with Crippen molar-refractivity contribution in [2.24, 2.45) is 0 Å². The van der Waals surface area contributed by atoms with Crippen molar-refractivity contribution in [3.05, 3.63) is 35.6 Å². The van der Waals surface area contributed by atoms with Crippen molar-refractivity contribution in [3.63, 3.8) is 0 Å². The molecule has 1 rings (SSSR count). The van der Waals surface area contributed by atoms with Gasteiger partial charge in [0.25, 0.3) is 0 Å². The lowest BCUT2D eigenvalue weighted by atomic mass is 10.2. The predicted octanol–water partition coefficient (Wildman–Crippen LogP) is 2.28. The van der Waals surface area contributed by atoms with Crippen LogP contribution in [0.2, 0.25) is 0 Å². The van der Waals surface area contributed by atoms with E-state index in [0.717, 1.165) is 25.1 Å². The average molecular weight is 209 g/mol. The highest BCUT2D eigenvalue weighted by molar-refractivity contribution is 5.75. The van der Waals surface area contributed by atoms with Crippen molar-refractivity contribution in [2.75, 3.05) is 6.54 Å². The fraction of sp³-hybridized carbons (Fsp3) is 0.417. The molecular weight excluding hydrogens is 193 g/mol. The Labute approximate surface area is 89.5 Å². The molecule has 82 valence electrons. The van der Waals surface area contributed by atoms with Crippen molar-refractivity contribution in [2.45, 2.75) is 26.3 Å². The molecule has 1 aromatic rings. The molecule has 0 aromatic heterocycles. The maximum atomic E-state index is 12.6. The number of carbonyl (C=O) groups excluding carboxylic acids is 1. The molecule has 3 heteroatoms. The van der Waals surface area contributed by atoms with Crippen LogP contribution in [-0.4, -0.2) is 12.3 Å². The van der Waals surface area contributed by atoms with E-state index in [1.165, 1.54) is 12.1 Å². The van der Waals surface area contributed by atoms with E-state index in [4.69, 9.17) is 0 Å². The summed E-state index contributed by atoms with van der Waals surface area (Å²) in [5.74, 6) is 0.00825. The molecule has 2 nitrogen and oxygen atoms in total. The summed E-state index contributed by atoms with van der Waals surface area (Å²) >= 11 is 0. The normalized spacial score (nSPS) is 10.3. The number of benzene rings is 1. The first-order valence-electron chi connectivity index (χ1n) is 5.13. The second kappa shape index (κ2) is 6.30. The number of hydrogen-bond acceptors (Lipinski definition) is 2. The fourth-order valence-corrected chi connectivity index (χ4v) is 1.30. The molecule has 0 aliphatic rings. The molecule has 0 atom stereocenters. The molecule has 0 unspecified atom stereocenters. The number of halogens is 1. The van der Waals surface area contributed by atoms with Crippen LogP contribution in [-0.2, 0) is 11.3 Å². The van der Waals surface area contributed by atoms with Gasteiger partial charge >= 0.3 is 0 Å². The smallest absolute Gasteiger partial charge is 0.129 e. The Morgan fingerprint density at radius 2 is 2.00 bits per heavy atom. The van der Waals surface area contributed by atoms with Crippen LogP contribution in [0.15, 0.2) is 24.3 Å². The van der Waals surface area contributed by atoms with Crippen molar-refractivity contribution >= 4 is 5.78 Å². The van der Waals surface area contributed by atoms with E-state index in [2.05, 4.69) is 5.32 Å². The Hall–Kier alpha value is -1.22. The molecular formula is C12H16FNO. The van der Waals surface area contributed by atoms with Gasteiger partial charge in [0.1, 0.15) is 11.6 Å². The summed E-state index contributed by atoms with van der Waals surface area (Å²) in [7, 11) is 0. The van der Waals surface area contributed by atoms with E-state index in [-0.39, 0.29) is 11.6 Å². The van der Waals surface area contributed by atoms with Gasteiger partial charge in [-0.3, -0.25) is 0 Å². The minimum absolute atomic E-state index is 0.213. The molecule has 0 spiro atoms. The van der Waals surface area contributed by atoms with Gasteiger partial charge in [-0.05, 0) is 37.6 Å². The van der Waals surface area contributed by atoms with Crippen LogP contribution in [0.1, 0.15) is 25.3 Å². The zero-order valence-corrected chi connectivity index (χ0v) is 8.92. The molecule has 0 fully saturated rings. The standard InChI is InChI=1S/C12H16FNO/c1-10(15)3-2-8-14-9-11-4-6-12(13)7-5-11/h4-7,14H,2-3,8-9H2,1H3. The van der Waals surface area contributed by atoms with E-state index in [0.29, 0.717) is 6.42 Å². The van der Waals surface area contributed by atoms with Gasteiger partial charge in [0.15, 0.2) is 0 Å². The Morgan fingerprint density at radius 1 is 1.33 bits per heavy atom. The van der Waals surface area contributed by atoms with Crippen molar-refractivity contribution in [1.29, 1.82) is 0 Å². The molecule has 15 heavy (non-hydrogen) atoms. The number of carbonyl (C=O) groups is 1. The van der Waals surface area contributed by atoms with Crippen molar-refractivity contribution < 1.29 is 9.18 Å². The first kappa shape index (κ1) is 11.9. The summed E-state index contributed by atoms with van der Waals surface area (Å²) < 4.78 is 12.6. The summed E-state index contributed by atoms with van der Waals surface area (Å²) in [6.45, 7) is 3.13. The SMILES string of the molecule is CC(=O)CCCNCc1ccc(F)cc1. The second-order valence-electron chi connectivity index (χ2n) is 3.61. The van der Waals surface area contributed by atoms with Crippen LogP contribution in [0.25, 0.3) is 0 Å². The highest BCUT2D eigenvalue weighted by Crippen LogP contribution is 2.02. The van der Waals surface area contributed by atoms with Gasteiger partial charge in [-0.1, -0.05) is 12.1 Å². The summed E-state index contributed by atoms with van der Waals surface area (Å²) in [4.78, 5) is 10.6. The lowest BCUT2D eigenvalue weighted by molar-refractivity contribution is -0.117. The van der Waals surface area contributed by atoms with E-state index < -0.39 is 0 Å². The molecule has 0 saturated carbocycles. The van der Waals surface area contributed by atoms with Gasteiger partial charge in [0, 0.05) is 13.0 Å². The van der Waals surface area contributed by atoms with Crippen LogP contribution >= 0.6 is 0 Å². The fourth-order valence-electron chi connectivity index (χ4n) is 1.30. The maximum Gasteiger partial charge on any atom is 0.129 e. The Morgan fingerprint density at radius 3 is 2.60 bits per heavy atom. The maximum absolute atomic E-state index is 12.6. The summed E-state index contributed by atoms with van der Waals surface area (Å²) in [5, 5.41) is 3.20. The van der Waals surface area contributed by atoms with Gasteiger partial charge in [-0.15, -0.1) is 0 Å². The zero-order chi connectivity index (χ0) is 11.1. The van der Waals surface area contributed by atoms with Crippen molar-refractivity contribution in [1.82, 2.24) is 5.32 Å². The Kier molecular flexibility index (Phi) is 4.98. The van der Waals surface area contributed by atoms with Crippen LogP contribution in [0.5, 0.6) is 0 Å². The molecule has 0 aliphatic carbocycles. The molecule has 1 N–H and O–H groups in total. The highest BCUT2D eigenvalue weighted by atomic mass is 19.1. The number of rotatable bonds is 6. The monoisotopic (exact) mass is 209 g/mol. The molecule has 0 amide bonds. The number of nitrogens with one attached hydrogen (secondary N) is 1. The van der Waals surface area contributed by atoms with Gasteiger partial charge in [-0.25, -0.2) is 4.39 Å². The molecule has 0 heterocycles. The summed E-state index contributed by atoms with van der Waals surface area (Å²) in [6, 6.07) is 6.42. The second-order valence-corrected chi connectivity index (χ2v) is 3.61. The highest BCUT2D eigenvalue weighted by Gasteiger charge is 1.95. The lowest BCUT2D eigenvalue weighted by Crippen LogP contribution is -2.15. The van der Waals surface area contributed by atoms with E-state index in [9.17, 15) is 9.18 Å². The van der Waals surface area contributed by atoms with Crippen LogP contribution in [0.4, 0.5) is 4.39 Å². The quantitative estimate of drug-likeness (QED) is 0.728. The van der Waals surface area contributed by atoms with Crippen LogP contribution in [0.3, 0.4) is 0 Å². The van der Waals surface area contributed by atoms with Gasteiger partial charge in [-0.2, -0.15) is 0 Å². The van der Waals surface area contributed by atoms with E-state index >= 15 is 0 Å². The van der Waals surface area contributed by atoms with E-state index in [1.54, 1.807) is 19.1 Å². The van der Waals surface area contributed by atoms with Gasteiger partial charge in [0.2, 0.25) is 0 Å². The van der Waals surface area contributed by atoms with Crippen LogP contribution in [0, 0.1) is 5.82 Å². The van der Waals surface area contributed by atoms with E-state index in [1.807, 2.05) is 0 Å². The first-order valence-corrected chi connectivity index (χ1v) is 5.13. The molecule has 0 radical (unpaired) electrons. The third-order valence-corrected chi connectivity index (χ3v) is 2.12. The van der Waals surface area contributed by atoms with Crippen LogP contribution < -0.4 is 5.32 Å². The van der Waals surface area contributed by atoms with Gasteiger partial charge in [0.05, 0.1) is 0 Å². The third kappa shape index (κ3) is 5.27. The molecule has 0 bridgehead atoms. The van der Waals surface area contributed by atoms with Gasteiger partial charge < -0.3 is 10.1 Å². The Bertz CT molecular complexity index is 308. The Balaban J connectivity index is 2.15. The first-order chi connectivity index (χ1) is 7.18. The summed E-state index contributed by atoms with van der Waals surface area (Å²) in [5.41, 5.74) is 1.05. The number of ketones is 1. The number of Topliss-reactive ketones (excluding diaryl/α,β-unsaturated/α-hetero) is 1. The average Bonchev–Trinajstić information content (AvgIpc) is 2.20. The third-order valence-electron chi connectivity index (χ3n) is 2.12. The topological polar surface area (TPSA) is 29.1 Å². The minimum atomic E-state index is -0.213. The molecule has 1 aromatic carbocycles.